The summed E-state index contributed by atoms with van der Waals surface area (Å²) in [5.41, 5.74) is -5.49. The molecule has 3 aliphatic rings. The summed E-state index contributed by atoms with van der Waals surface area (Å²) in [7, 11) is 1.31. The molecular formula is C45H82N6O18. The van der Waals surface area contributed by atoms with Gasteiger partial charge in [-0.2, -0.15) is 0 Å². The van der Waals surface area contributed by atoms with Crippen LogP contribution in [0.2, 0.25) is 0 Å². The van der Waals surface area contributed by atoms with Gasteiger partial charge < -0.3 is 94.9 Å². The van der Waals surface area contributed by atoms with Crippen molar-refractivity contribution >= 4 is 30.3 Å². The van der Waals surface area contributed by atoms with E-state index in [2.05, 4.69) is 26.6 Å². The van der Waals surface area contributed by atoms with Gasteiger partial charge in [0.2, 0.25) is 5.91 Å². The van der Waals surface area contributed by atoms with Crippen LogP contribution in [0.4, 0.5) is 19.2 Å². The van der Waals surface area contributed by atoms with Crippen molar-refractivity contribution in [2.75, 3.05) is 39.9 Å². The lowest BCUT2D eigenvalue weighted by molar-refractivity contribution is -0.314. The van der Waals surface area contributed by atoms with Crippen molar-refractivity contribution in [3.63, 3.8) is 0 Å². The van der Waals surface area contributed by atoms with Crippen molar-refractivity contribution in [3.8, 4) is 0 Å². The first-order valence-corrected chi connectivity index (χ1v) is 23.5. The Morgan fingerprint density at radius 2 is 1.22 bits per heavy atom. The molecule has 13 unspecified atom stereocenters. The molecule has 2 aliphatic heterocycles. The molecule has 0 spiro atoms. The number of carbonyl (C=O) groups is 5. The number of alkyl carbamates (subject to hydrolysis) is 3. The van der Waals surface area contributed by atoms with E-state index in [-0.39, 0.29) is 45.5 Å². The van der Waals surface area contributed by atoms with Crippen molar-refractivity contribution in [3.05, 3.63) is 0 Å². The van der Waals surface area contributed by atoms with Crippen LogP contribution in [0.1, 0.15) is 116 Å². The van der Waals surface area contributed by atoms with Crippen molar-refractivity contribution in [2.45, 2.75) is 217 Å². The predicted molar refractivity (Wildman–Crippen MR) is 245 cm³/mol. The summed E-state index contributed by atoms with van der Waals surface area (Å²) in [5.74, 6) is -0.979. The fourth-order valence-electron chi connectivity index (χ4n) is 7.88. The highest BCUT2D eigenvalue weighted by Gasteiger charge is 2.55. The monoisotopic (exact) mass is 995 g/mol. The lowest BCUT2D eigenvalue weighted by Gasteiger charge is -2.51. The van der Waals surface area contributed by atoms with E-state index in [1.54, 1.807) is 83.1 Å². The zero-order chi connectivity index (χ0) is 52.4. The number of carbonyl (C=O) groups excluding carboxylic acids is 5. The Bertz CT molecular complexity index is 1700. The summed E-state index contributed by atoms with van der Waals surface area (Å²) in [4.78, 5) is 67.0. The molecule has 400 valence electrons. The highest BCUT2D eigenvalue weighted by atomic mass is 16.7. The summed E-state index contributed by atoms with van der Waals surface area (Å²) in [5, 5.41) is 70.0. The largest absolute Gasteiger partial charge is 0.444 e. The van der Waals surface area contributed by atoms with Crippen LogP contribution in [0.25, 0.3) is 0 Å². The summed E-state index contributed by atoms with van der Waals surface area (Å²) in [6.07, 6.45) is -15.4. The van der Waals surface area contributed by atoms with Gasteiger partial charge in [0.1, 0.15) is 58.5 Å². The molecule has 2 heterocycles. The van der Waals surface area contributed by atoms with Crippen molar-refractivity contribution in [1.82, 2.24) is 31.5 Å². The molecule has 2 saturated heterocycles. The molecule has 13 atom stereocenters. The maximum absolute atomic E-state index is 13.8. The van der Waals surface area contributed by atoms with Crippen LogP contribution in [-0.2, 0) is 42.7 Å². The summed E-state index contributed by atoms with van der Waals surface area (Å²) < 4.78 is 47.0. The van der Waals surface area contributed by atoms with Crippen LogP contribution in [-0.4, -0.2) is 202 Å². The zero-order valence-corrected chi connectivity index (χ0v) is 42.8. The van der Waals surface area contributed by atoms with Gasteiger partial charge in [0, 0.05) is 26.7 Å². The Balaban J connectivity index is 2.10. The number of nitrogens with one attached hydrogen (secondary N) is 5. The molecule has 10 N–H and O–H groups in total. The first kappa shape index (κ1) is 59.5. The zero-order valence-electron chi connectivity index (χ0n) is 42.8. The quantitative estimate of drug-likeness (QED) is 0.0757. The van der Waals surface area contributed by atoms with Crippen LogP contribution in [0.15, 0.2) is 0 Å². The fraction of sp³-hybridized carbons (Fsp3) is 0.889. The second-order valence-corrected chi connectivity index (χ2v) is 22.0. The SMILES string of the molecule is CN(C(=O)OC(C)(C)C)C1C(O)C(OC2C(NC(=O)C(O)CCNC(=O)OC(C)(C)C)CC(NC(=O)OC(C)(C)C)C(OC3OC(CNCCO)CCC3NC(=O)OC(C)(C)C)C2O)OCC1(C)O. The number of rotatable bonds is 16. The van der Waals surface area contributed by atoms with Gasteiger partial charge in [-0.25, -0.2) is 19.2 Å². The van der Waals surface area contributed by atoms with Gasteiger partial charge in [0.25, 0.3) is 0 Å². The van der Waals surface area contributed by atoms with E-state index in [0.29, 0.717) is 6.42 Å². The maximum atomic E-state index is 13.8. The summed E-state index contributed by atoms with van der Waals surface area (Å²) >= 11 is 0. The molecule has 1 aliphatic carbocycles. The lowest BCUT2D eigenvalue weighted by atomic mass is 9.82. The molecule has 69 heavy (non-hydrogen) atoms. The number of hydrogen-bond donors (Lipinski definition) is 10. The third-order valence-electron chi connectivity index (χ3n) is 10.7. The van der Waals surface area contributed by atoms with E-state index < -0.39 is 138 Å². The minimum absolute atomic E-state index is 0.143. The first-order chi connectivity index (χ1) is 31.6. The maximum Gasteiger partial charge on any atom is 0.410 e. The number of hydrogen-bond acceptors (Lipinski definition) is 19. The van der Waals surface area contributed by atoms with Gasteiger partial charge in [-0.1, -0.05) is 0 Å². The number of likely N-dealkylation sites (N-methyl/N-ethyl adjacent to an activating group) is 1. The third kappa shape index (κ3) is 19.7. The summed E-state index contributed by atoms with van der Waals surface area (Å²) in [6.45, 7) is 20.9. The van der Waals surface area contributed by atoms with Gasteiger partial charge in [0.15, 0.2) is 12.6 Å². The highest BCUT2D eigenvalue weighted by molar-refractivity contribution is 5.81. The molecule has 1 saturated carbocycles. The molecule has 3 rings (SSSR count). The Morgan fingerprint density at radius 3 is 1.75 bits per heavy atom. The Labute approximate surface area is 405 Å². The van der Waals surface area contributed by atoms with E-state index >= 15 is 0 Å². The van der Waals surface area contributed by atoms with Crippen LogP contribution in [0.5, 0.6) is 0 Å². The number of aliphatic hydroxyl groups excluding tert-OH is 4. The van der Waals surface area contributed by atoms with Crippen LogP contribution < -0.4 is 26.6 Å². The Hall–Kier alpha value is -3.85. The number of nitrogens with zero attached hydrogens (tertiary/aromatic N) is 1. The first-order valence-electron chi connectivity index (χ1n) is 23.5. The minimum Gasteiger partial charge on any atom is -0.444 e. The molecule has 0 bridgehead atoms. The van der Waals surface area contributed by atoms with E-state index in [9.17, 15) is 49.5 Å². The van der Waals surface area contributed by atoms with Gasteiger partial charge in [-0.05, 0) is 116 Å². The smallest absolute Gasteiger partial charge is 0.410 e. The average Bonchev–Trinajstić information content (AvgIpc) is 3.16. The van der Waals surface area contributed by atoms with E-state index in [1.807, 2.05) is 0 Å². The highest BCUT2D eigenvalue weighted by Crippen LogP contribution is 2.35. The Kier molecular flexibility index (Phi) is 21.1. The number of aliphatic hydroxyl groups is 5. The van der Waals surface area contributed by atoms with Crippen LogP contribution in [0.3, 0.4) is 0 Å². The molecule has 0 aromatic carbocycles. The van der Waals surface area contributed by atoms with E-state index in [4.69, 9.17) is 37.9 Å². The molecule has 24 nitrogen and oxygen atoms in total. The molecule has 5 amide bonds. The lowest BCUT2D eigenvalue weighted by Crippen LogP contribution is -2.71. The summed E-state index contributed by atoms with van der Waals surface area (Å²) in [6, 6.07) is -4.88. The topological polar surface area (TPSA) is 324 Å². The predicted octanol–water partition coefficient (Wildman–Crippen LogP) is 0.859. The second-order valence-electron chi connectivity index (χ2n) is 22.0. The fourth-order valence-corrected chi connectivity index (χ4v) is 7.88. The van der Waals surface area contributed by atoms with Gasteiger partial charge in [-0.3, -0.25) is 4.79 Å². The molecular weight excluding hydrogens is 913 g/mol. The molecule has 0 radical (unpaired) electrons. The minimum atomic E-state index is -1.88. The number of ether oxygens (including phenoxy) is 8. The number of amides is 5. The normalized spacial score (nSPS) is 30.5. The standard InChI is InChI=1S/C45H82N6O18/c1-41(2,3)66-37(57)47-18-17-28(53)34(56)48-26-21-27(50-39(59)68-43(7,8)9)32(64-35-25(49-38(58)67-42(4,5)6)16-15-24(63-35)22-46-19-20-52)29(54)31(26)65-36-30(55)33(45(13,61)23-62-36)51(14)40(60)69-44(10,11)12/h24-33,35-36,46,52-55,61H,15-23H2,1-14H3,(H,47,57)(H,48,56)(H,49,58)(H,50,59). The van der Waals surface area contributed by atoms with Gasteiger partial charge in [-0.15, -0.1) is 0 Å². The molecule has 0 aromatic heterocycles. The van der Waals surface area contributed by atoms with E-state index in [0.717, 1.165) is 4.90 Å². The van der Waals surface area contributed by atoms with Crippen LogP contribution >= 0.6 is 0 Å². The second kappa shape index (κ2) is 24.5. The average molecular weight is 995 g/mol. The van der Waals surface area contributed by atoms with Crippen molar-refractivity contribution in [2.24, 2.45) is 0 Å². The van der Waals surface area contributed by atoms with Crippen LogP contribution in [0, 0.1) is 0 Å². The van der Waals surface area contributed by atoms with Crippen molar-refractivity contribution in [1.29, 1.82) is 0 Å². The Morgan fingerprint density at radius 1 is 0.710 bits per heavy atom. The molecule has 0 aromatic rings. The van der Waals surface area contributed by atoms with Crippen molar-refractivity contribution < 1.29 is 87.4 Å². The molecule has 24 heteroatoms. The van der Waals surface area contributed by atoms with Gasteiger partial charge >= 0.3 is 24.4 Å². The van der Waals surface area contributed by atoms with Gasteiger partial charge in [0.05, 0.1) is 43.5 Å². The molecule has 3 fully saturated rings. The van der Waals surface area contributed by atoms with E-state index in [1.165, 1.54) is 14.0 Å². The third-order valence-corrected chi connectivity index (χ3v) is 10.7.